The summed E-state index contributed by atoms with van der Waals surface area (Å²) >= 11 is 0. The average molecular weight is 424 g/mol. The molecule has 25 heavy (non-hydrogen) atoms. The van der Waals surface area contributed by atoms with E-state index in [9.17, 15) is 0 Å². The van der Waals surface area contributed by atoms with E-state index in [0.717, 1.165) is 37.6 Å². The van der Waals surface area contributed by atoms with Crippen molar-refractivity contribution < 1.29 is 26.2 Å². The summed E-state index contributed by atoms with van der Waals surface area (Å²) in [5, 5.41) is 7.94. The van der Waals surface area contributed by atoms with Crippen LogP contribution in [-0.2, 0) is 26.2 Å². The minimum Gasteiger partial charge on any atom is -0.663 e. The minimum absolute atomic E-state index is 0. The van der Waals surface area contributed by atoms with Crippen LogP contribution in [0.1, 0.15) is 50.5 Å². The maximum atomic E-state index is 3.97. The quantitative estimate of drug-likeness (QED) is 0.596. The molecule has 0 aliphatic heterocycles. The van der Waals surface area contributed by atoms with Crippen LogP contribution in [0.25, 0.3) is 10.6 Å². The molecule has 0 atom stereocenters. The van der Waals surface area contributed by atoms with E-state index in [1.165, 1.54) is 11.4 Å². The van der Waals surface area contributed by atoms with E-state index in [0.29, 0.717) is 0 Å². The molecule has 140 valence electrons. The molecule has 2 N–H and O–H groups in total. The first kappa shape index (κ1) is 29.1. The van der Waals surface area contributed by atoms with E-state index in [2.05, 4.69) is 32.7 Å². The van der Waals surface area contributed by atoms with Gasteiger partial charge in [0.15, 0.2) is 0 Å². The van der Waals surface area contributed by atoms with Gasteiger partial charge in [-0.3, -0.25) is 0 Å². The second kappa shape index (κ2) is 21.4. The Morgan fingerprint density at radius 1 is 0.680 bits per heavy atom. The SMILES string of the molecule is CC[N-]CC.CC[N-]CC.Cc1[c-]cc(C)[nH]1.Cc1[c-]cc(C)[nH]1.[Zr+4]. The zero-order valence-corrected chi connectivity index (χ0v) is 19.8. The van der Waals surface area contributed by atoms with Crippen molar-refractivity contribution in [1.29, 1.82) is 0 Å². The van der Waals surface area contributed by atoms with Gasteiger partial charge in [-0.05, 0) is 13.8 Å². The number of aryl methyl sites for hydroxylation is 4. The van der Waals surface area contributed by atoms with E-state index in [4.69, 9.17) is 0 Å². The first-order valence-electron chi connectivity index (χ1n) is 8.75. The normalized spacial score (nSPS) is 8.64. The molecule has 0 bridgehead atoms. The molecule has 0 radical (unpaired) electrons. The number of hydrogen-bond acceptors (Lipinski definition) is 0. The van der Waals surface area contributed by atoms with Gasteiger partial charge < -0.3 is 20.6 Å². The van der Waals surface area contributed by atoms with Crippen LogP contribution in [0.15, 0.2) is 12.1 Å². The van der Waals surface area contributed by atoms with E-state index >= 15 is 0 Å². The van der Waals surface area contributed by atoms with Crippen molar-refractivity contribution in [2.75, 3.05) is 26.2 Å². The Hall–Kier alpha value is -0.637. The van der Waals surface area contributed by atoms with Crippen LogP contribution in [0.4, 0.5) is 0 Å². The topological polar surface area (TPSA) is 59.8 Å². The smallest absolute Gasteiger partial charge is 0.663 e. The summed E-state index contributed by atoms with van der Waals surface area (Å²) in [5.74, 6) is 0. The first-order valence-corrected chi connectivity index (χ1v) is 8.75. The standard InChI is InChI=1S/2C6H8N.2C4H10N.Zr/c2*1-5-3-4-6(2)7-5;2*1-3-5-4-2;/h2*3,7H,1-2H3;2*3-4H2,1-2H3;/q4*-1;+4. The third kappa shape index (κ3) is 23.4. The van der Waals surface area contributed by atoms with Crippen LogP contribution in [0, 0.1) is 39.8 Å². The van der Waals surface area contributed by atoms with Gasteiger partial charge in [0.2, 0.25) is 0 Å². The van der Waals surface area contributed by atoms with E-state index in [-0.39, 0.29) is 26.2 Å². The molecule has 2 heterocycles. The molecule has 5 heteroatoms. The van der Waals surface area contributed by atoms with Crippen LogP contribution in [0.3, 0.4) is 0 Å². The molecular weight excluding hydrogens is 387 g/mol. The van der Waals surface area contributed by atoms with Gasteiger partial charge in [0.05, 0.1) is 0 Å². The third-order valence-electron chi connectivity index (χ3n) is 2.67. The fourth-order valence-electron chi connectivity index (χ4n) is 1.62. The maximum Gasteiger partial charge on any atom is 4.00 e. The average Bonchev–Trinajstić information content (AvgIpc) is 3.10. The van der Waals surface area contributed by atoms with Crippen LogP contribution in [-0.4, -0.2) is 36.1 Å². The molecule has 2 aromatic heterocycles. The molecule has 0 amide bonds. The predicted octanol–water partition coefficient (Wildman–Crippen LogP) is 5.66. The number of aromatic amines is 2. The molecule has 0 aliphatic rings. The van der Waals surface area contributed by atoms with Gasteiger partial charge in [0.25, 0.3) is 0 Å². The monoisotopic (exact) mass is 422 g/mol. The Balaban J connectivity index is -0.000000259. The summed E-state index contributed by atoms with van der Waals surface area (Å²) in [4.78, 5) is 6.17. The molecule has 0 aliphatic carbocycles. The molecule has 0 aromatic carbocycles. The molecule has 4 nitrogen and oxygen atoms in total. The fraction of sp³-hybridized carbons (Fsp3) is 0.600. The first-order chi connectivity index (χ1) is 11.4. The van der Waals surface area contributed by atoms with Crippen LogP contribution >= 0.6 is 0 Å². The van der Waals surface area contributed by atoms with Gasteiger partial charge in [-0.15, -0.1) is 11.4 Å². The Morgan fingerprint density at radius 3 is 1.00 bits per heavy atom. The van der Waals surface area contributed by atoms with Crippen LogP contribution in [0.5, 0.6) is 0 Å². The van der Waals surface area contributed by atoms with Crippen LogP contribution in [0.2, 0.25) is 0 Å². The van der Waals surface area contributed by atoms with E-state index in [1.807, 2.05) is 67.5 Å². The van der Waals surface area contributed by atoms with Gasteiger partial charge in [0, 0.05) is 0 Å². The summed E-state index contributed by atoms with van der Waals surface area (Å²) < 4.78 is 0. The molecule has 0 saturated carbocycles. The number of H-pyrrole nitrogens is 2. The molecular formula is C20H36N4Zr. The summed E-state index contributed by atoms with van der Waals surface area (Å²) in [7, 11) is 0. The van der Waals surface area contributed by atoms with Gasteiger partial charge in [-0.1, -0.05) is 52.9 Å². The van der Waals surface area contributed by atoms with Crippen molar-refractivity contribution in [2.45, 2.75) is 55.4 Å². The van der Waals surface area contributed by atoms with Crippen molar-refractivity contribution in [3.8, 4) is 0 Å². The zero-order valence-electron chi connectivity index (χ0n) is 17.4. The fourth-order valence-corrected chi connectivity index (χ4v) is 1.62. The van der Waals surface area contributed by atoms with E-state index < -0.39 is 0 Å². The van der Waals surface area contributed by atoms with E-state index in [1.54, 1.807) is 0 Å². The van der Waals surface area contributed by atoms with Crippen molar-refractivity contribution in [3.63, 3.8) is 0 Å². The summed E-state index contributed by atoms with van der Waals surface area (Å²) in [5.41, 5.74) is 4.57. The van der Waals surface area contributed by atoms with Gasteiger partial charge in [0.1, 0.15) is 0 Å². The predicted molar refractivity (Wildman–Crippen MR) is 107 cm³/mol. The van der Waals surface area contributed by atoms with Crippen molar-refractivity contribution in [3.05, 3.63) is 57.7 Å². The second-order valence-corrected chi connectivity index (χ2v) is 5.16. The molecule has 2 aromatic rings. The Labute approximate surface area is 175 Å². The van der Waals surface area contributed by atoms with Gasteiger partial charge in [-0.25, -0.2) is 24.3 Å². The Kier molecular flexibility index (Phi) is 24.9. The molecule has 0 fully saturated rings. The number of aromatic nitrogens is 2. The number of nitrogens with one attached hydrogen (secondary N) is 2. The number of nitrogens with zero attached hydrogens (tertiary/aromatic N) is 2. The third-order valence-corrected chi connectivity index (χ3v) is 2.67. The molecule has 0 unspecified atom stereocenters. The Bertz CT molecular complexity index is 396. The minimum atomic E-state index is 0. The Morgan fingerprint density at radius 2 is 0.960 bits per heavy atom. The van der Waals surface area contributed by atoms with Gasteiger partial charge in [-0.2, -0.15) is 26.2 Å². The zero-order chi connectivity index (χ0) is 18.8. The molecule has 0 spiro atoms. The van der Waals surface area contributed by atoms with Gasteiger partial charge >= 0.3 is 26.2 Å². The maximum absolute atomic E-state index is 3.97. The summed E-state index contributed by atoms with van der Waals surface area (Å²) in [6, 6.07) is 9.91. The largest absolute Gasteiger partial charge is 4.00 e. The molecule has 2 rings (SSSR count). The number of hydrogen-bond donors (Lipinski definition) is 2. The van der Waals surface area contributed by atoms with Crippen molar-refractivity contribution in [2.24, 2.45) is 0 Å². The number of rotatable bonds is 4. The van der Waals surface area contributed by atoms with Crippen molar-refractivity contribution >= 4 is 0 Å². The van der Waals surface area contributed by atoms with Crippen LogP contribution < -0.4 is 0 Å². The van der Waals surface area contributed by atoms with Crippen molar-refractivity contribution in [1.82, 2.24) is 9.97 Å². The molecule has 0 saturated heterocycles. The summed E-state index contributed by atoms with van der Waals surface area (Å²) in [6.07, 6.45) is 0. The summed E-state index contributed by atoms with van der Waals surface area (Å²) in [6.45, 7) is 20.1. The second-order valence-electron chi connectivity index (χ2n) is 5.16.